The van der Waals surface area contributed by atoms with Crippen LogP contribution in [-0.2, 0) is 4.79 Å². The number of nitrogens with zero attached hydrogens (tertiary/aromatic N) is 2. The third-order valence-electron chi connectivity index (χ3n) is 4.25. The molecular weight excluding hydrogens is 440 g/mol. The van der Waals surface area contributed by atoms with Gasteiger partial charge in [-0.15, -0.1) is 0 Å². The van der Waals surface area contributed by atoms with Crippen molar-refractivity contribution < 1.29 is 24.2 Å². The van der Waals surface area contributed by atoms with Crippen LogP contribution >= 0.6 is 15.9 Å². The third kappa shape index (κ3) is 4.17. The summed E-state index contributed by atoms with van der Waals surface area (Å²) in [6.07, 6.45) is 1.71. The lowest BCUT2D eigenvalue weighted by Crippen LogP contribution is -2.21. The second-order valence-electron chi connectivity index (χ2n) is 6.18. The molecule has 1 aliphatic heterocycles. The maximum atomic E-state index is 12.9. The van der Waals surface area contributed by atoms with Gasteiger partial charge in [0.05, 0.1) is 40.7 Å². The molecule has 29 heavy (non-hydrogen) atoms. The summed E-state index contributed by atoms with van der Waals surface area (Å²) in [5.74, 6) is -0.276. The van der Waals surface area contributed by atoms with Gasteiger partial charge in [-0.3, -0.25) is 4.79 Å². The highest BCUT2D eigenvalue weighted by molar-refractivity contribution is 9.10. The number of rotatable bonds is 6. The van der Waals surface area contributed by atoms with Crippen molar-refractivity contribution in [1.29, 1.82) is 0 Å². The number of carboxylic acid groups (broad SMARTS) is 1. The van der Waals surface area contributed by atoms with Crippen LogP contribution in [0.25, 0.3) is 6.08 Å². The zero-order chi connectivity index (χ0) is 21.1. The summed E-state index contributed by atoms with van der Waals surface area (Å²) in [4.78, 5) is 24.1. The van der Waals surface area contributed by atoms with Gasteiger partial charge >= 0.3 is 5.97 Å². The Morgan fingerprint density at radius 1 is 1.31 bits per heavy atom. The molecule has 2 aromatic carbocycles. The first kappa shape index (κ1) is 20.6. The molecule has 0 radical (unpaired) electrons. The van der Waals surface area contributed by atoms with E-state index < -0.39 is 5.97 Å². The van der Waals surface area contributed by atoms with Gasteiger partial charge in [0.1, 0.15) is 0 Å². The lowest BCUT2D eigenvalue weighted by Gasteiger charge is -2.13. The Morgan fingerprint density at radius 3 is 2.72 bits per heavy atom. The number of hydrogen-bond donors (Lipinski definition) is 1. The second-order valence-corrected chi connectivity index (χ2v) is 7.04. The molecule has 0 fully saturated rings. The Hall–Kier alpha value is -3.13. The van der Waals surface area contributed by atoms with E-state index in [1.807, 2.05) is 13.0 Å². The summed E-state index contributed by atoms with van der Waals surface area (Å²) < 4.78 is 11.7. The van der Waals surface area contributed by atoms with Crippen molar-refractivity contribution in [3.63, 3.8) is 0 Å². The van der Waals surface area contributed by atoms with Gasteiger partial charge in [0.15, 0.2) is 11.5 Å². The van der Waals surface area contributed by atoms with E-state index in [-0.39, 0.29) is 11.5 Å². The topological polar surface area (TPSA) is 88.4 Å². The van der Waals surface area contributed by atoms with Crippen molar-refractivity contribution >= 4 is 45.3 Å². The minimum absolute atomic E-state index is 0.0840. The van der Waals surface area contributed by atoms with E-state index in [9.17, 15) is 14.7 Å². The SMILES string of the molecule is CCOc1c(Br)cc(/C=C2\C(=O)N(c3cccc(C(=O)O)c3)N=C2C)cc1OC. The second kappa shape index (κ2) is 8.48. The van der Waals surface area contributed by atoms with Crippen LogP contribution in [0.2, 0.25) is 0 Å². The monoisotopic (exact) mass is 458 g/mol. The molecule has 0 aromatic heterocycles. The first-order valence-electron chi connectivity index (χ1n) is 8.81. The molecule has 3 rings (SSSR count). The summed E-state index contributed by atoms with van der Waals surface area (Å²) in [7, 11) is 1.55. The van der Waals surface area contributed by atoms with E-state index in [0.717, 1.165) is 5.56 Å². The van der Waals surface area contributed by atoms with Crippen molar-refractivity contribution in [2.45, 2.75) is 13.8 Å². The Balaban J connectivity index is 1.97. The lowest BCUT2D eigenvalue weighted by molar-refractivity contribution is -0.114. The van der Waals surface area contributed by atoms with Gasteiger partial charge in [0.25, 0.3) is 5.91 Å². The number of carbonyl (C=O) groups is 2. The minimum Gasteiger partial charge on any atom is -0.493 e. The molecule has 0 saturated carbocycles. The van der Waals surface area contributed by atoms with Crippen LogP contribution in [0, 0.1) is 0 Å². The molecule has 8 heteroatoms. The summed E-state index contributed by atoms with van der Waals surface area (Å²) >= 11 is 3.47. The molecule has 0 spiro atoms. The number of hydrazone groups is 1. The number of ether oxygens (including phenoxy) is 2. The highest BCUT2D eigenvalue weighted by Gasteiger charge is 2.29. The Labute approximate surface area is 176 Å². The quantitative estimate of drug-likeness (QED) is 0.649. The van der Waals surface area contributed by atoms with Crippen LogP contribution in [0.1, 0.15) is 29.8 Å². The molecule has 150 valence electrons. The molecule has 1 amide bonds. The van der Waals surface area contributed by atoms with E-state index in [0.29, 0.717) is 39.6 Å². The third-order valence-corrected chi connectivity index (χ3v) is 4.84. The number of anilines is 1. The van der Waals surface area contributed by atoms with Gasteiger partial charge in [-0.05, 0) is 71.7 Å². The normalized spacial score (nSPS) is 14.9. The number of methoxy groups -OCH3 is 1. The molecule has 0 saturated heterocycles. The van der Waals surface area contributed by atoms with Crippen LogP contribution in [0.4, 0.5) is 5.69 Å². The smallest absolute Gasteiger partial charge is 0.335 e. The summed E-state index contributed by atoms with van der Waals surface area (Å²) in [6.45, 7) is 4.10. The first-order valence-corrected chi connectivity index (χ1v) is 9.60. The number of aromatic carboxylic acids is 1. The van der Waals surface area contributed by atoms with Gasteiger partial charge in [-0.25, -0.2) is 4.79 Å². The van der Waals surface area contributed by atoms with E-state index in [1.165, 1.54) is 17.1 Å². The van der Waals surface area contributed by atoms with Crippen molar-refractivity contribution in [2.24, 2.45) is 5.10 Å². The average Bonchev–Trinajstić information content (AvgIpc) is 2.98. The zero-order valence-electron chi connectivity index (χ0n) is 16.1. The van der Waals surface area contributed by atoms with E-state index in [4.69, 9.17) is 9.47 Å². The first-order chi connectivity index (χ1) is 13.8. The predicted octanol–water partition coefficient (Wildman–Crippen LogP) is 4.36. The van der Waals surface area contributed by atoms with E-state index in [1.54, 1.807) is 38.3 Å². The number of benzene rings is 2. The van der Waals surface area contributed by atoms with Crippen LogP contribution < -0.4 is 14.5 Å². The molecule has 2 aromatic rings. The molecule has 1 aliphatic rings. The van der Waals surface area contributed by atoms with Crippen LogP contribution in [0.5, 0.6) is 11.5 Å². The summed E-state index contributed by atoms with van der Waals surface area (Å²) in [5.41, 5.74) is 2.14. The highest BCUT2D eigenvalue weighted by atomic mass is 79.9. The molecule has 0 unspecified atom stereocenters. The van der Waals surface area contributed by atoms with E-state index >= 15 is 0 Å². The van der Waals surface area contributed by atoms with Gasteiger partial charge < -0.3 is 14.6 Å². The lowest BCUT2D eigenvalue weighted by atomic mass is 10.1. The van der Waals surface area contributed by atoms with Gasteiger partial charge in [0.2, 0.25) is 0 Å². The van der Waals surface area contributed by atoms with Crippen LogP contribution in [-0.4, -0.2) is 36.4 Å². The summed E-state index contributed by atoms with van der Waals surface area (Å²) in [6, 6.07) is 9.69. The highest BCUT2D eigenvalue weighted by Crippen LogP contribution is 2.37. The Kier molecular flexibility index (Phi) is 6.03. The van der Waals surface area contributed by atoms with Gasteiger partial charge in [-0.2, -0.15) is 10.1 Å². The number of carboxylic acids is 1. The van der Waals surface area contributed by atoms with Crippen molar-refractivity contribution in [3.8, 4) is 11.5 Å². The molecule has 1 N–H and O–H groups in total. The van der Waals surface area contributed by atoms with Gasteiger partial charge in [0, 0.05) is 0 Å². The van der Waals surface area contributed by atoms with Crippen molar-refractivity contribution in [1.82, 2.24) is 0 Å². The predicted molar refractivity (Wildman–Crippen MR) is 114 cm³/mol. The molecule has 7 nitrogen and oxygen atoms in total. The maximum absolute atomic E-state index is 12.9. The average molecular weight is 459 g/mol. The fourth-order valence-corrected chi connectivity index (χ4v) is 3.48. The number of amides is 1. The zero-order valence-corrected chi connectivity index (χ0v) is 17.7. The summed E-state index contributed by atoms with van der Waals surface area (Å²) in [5, 5.41) is 14.7. The number of carbonyl (C=O) groups excluding carboxylic acids is 1. The fraction of sp³-hybridized carbons (Fsp3) is 0.190. The molecule has 0 aliphatic carbocycles. The molecule has 0 atom stereocenters. The fourth-order valence-electron chi connectivity index (χ4n) is 2.90. The minimum atomic E-state index is -1.07. The van der Waals surface area contributed by atoms with E-state index in [2.05, 4.69) is 21.0 Å². The molecular formula is C21H19BrN2O5. The largest absolute Gasteiger partial charge is 0.493 e. The number of halogens is 1. The molecule has 0 bridgehead atoms. The van der Waals surface area contributed by atoms with Gasteiger partial charge in [-0.1, -0.05) is 6.07 Å². The van der Waals surface area contributed by atoms with Crippen molar-refractivity contribution in [2.75, 3.05) is 18.7 Å². The standard InChI is InChI=1S/C21H19BrN2O5/c1-4-29-19-17(22)9-13(10-18(19)28-3)8-16-12(2)23-24(20(16)25)15-7-5-6-14(11-15)21(26)27/h5-11H,4H2,1-3H3,(H,26,27)/b16-8-. The van der Waals surface area contributed by atoms with Crippen molar-refractivity contribution in [3.05, 3.63) is 57.6 Å². The number of hydrogen-bond acceptors (Lipinski definition) is 5. The maximum Gasteiger partial charge on any atom is 0.335 e. The van der Waals surface area contributed by atoms with Crippen LogP contribution in [0.15, 0.2) is 51.5 Å². The molecule has 1 heterocycles. The Morgan fingerprint density at radius 2 is 2.07 bits per heavy atom. The Bertz CT molecular complexity index is 1050. The van der Waals surface area contributed by atoms with Crippen LogP contribution in [0.3, 0.4) is 0 Å².